The Morgan fingerprint density at radius 3 is 2.72 bits per heavy atom. The molecule has 1 atom stereocenters. The van der Waals surface area contributed by atoms with Crippen LogP contribution in [0.1, 0.15) is 25.3 Å². The Morgan fingerprint density at radius 2 is 1.93 bits per heavy atom. The Labute approximate surface area is 172 Å². The standard InChI is InChI=1S/C21H31N7O/c1-2-26-8-10-27(11-9-26)20-12-17(5-6-22-20)14-23-19-13-21(25-16-24-19)28-7-3-4-18(28)15-29/h5-6,12-13,16,18,29H,2-4,7-11,14-15H2,1H3,(H,23,24,25). The highest BCUT2D eigenvalue weighted by Crippen LogP contribution is 2.25. The van der Waals surface area contributed by atoms with E-state index in [1.165, 1.54) is 5.56 Å². The lowest BCUT2D eigenvalue weighted by Crippen LogP contribution is -2.46. The van der Waals surface area contributed by atoms with E-state index in [2.05, 4.69) is 48.0 Å². The molecule has 0 radical (unpaired) electrons. The molecule has 1 unspecified atom stereocenters. The third kappa shape index (κ3) is 4.76. The van der Waals surface area contributed by atoms with Gasteiger partial charge in [-0.25, -0.2) is 15.0 Å². The highest BCUT2D eigenvalue weighted by molar-refractivity contribution is 5.50. The van der Waals surface area contributed by atoms with Crippen molar-refractivity contribution in [2.24, 2.45) is 0 Å². The molecular weight excluding hydrogens is 366 g/mol. The molecule has 8 heteroatoms. The van der Waals surface area contributed by atoms with E-state index < -0.39 is 0 Å². The van der Waals surface area contributed by atoms with Gasteiger partial charge in [0, 0.05) is 51.5 Å². The van der Waals surface area contributed by atoms with E-state index in [0.717, 1.165) is 69.6 Å². The van der Waals surface area contributed by atoms with Crippen LogP contribution >= 0.6 is 0 Å². The number of anilines is 3. The molecule has 8 nitrogen and oxygen atoms in total. The summed E-state index contributed by atoms with van der Waals surface area (Å²) < 4.78 is 0. The molecular formula is C21H31N7O. The summed E-state index contributed by atoms with van der Waals surface area (Å²) in [5.74, 6) is 2.73. The highest BCUT2D eigenvalue weighted by Gasteiger charge is 2.25. The van der Waals surface area contributed by atoms with Crippen molar-refractivity contribution in [1.82, 2.24) is 19.9 Å². The predicted molar refractivity (Wildman–Crippen MR) is 115 cm³/mol. The molecule has 156 valence electrons. The monoisotopic (exact) mass is 397 g/mol. The molecule has 2 aliphatic rings. The summed E-state index contributed by atoms with van der Waals surface area (Å²) >= 11 is 0. The van der Waals surface area contributed by atoms with Crippen molar-refractivity contribution in [2.75, 3.05) is 61.0 Å². The maximum absolute atomic E-state index is 9.57. The van der Waals surface area contributed by atoms with Crippen molar-refractivity contribution in [1.29, 1.82) is 0 Å². The summed E-state index contributed by atoms with van der Waals surface area (Å²) in [6.45, 7) is 9.34. The molecule has 29 heavy (non-hydrogen) atoms. The number of likely N-dealkylation sites (N-methyl/N-ethyl adjacent to an activating group) is 1. The highest BCUT2D eigenvalue weighted by atomic mass is 16.3. The van der Waals surface area contributed by atoms with Gasteiger partial charge in [-0.2, -0.15) is 0 Å². The Balaban J connectivity index is 1.38. The number of aliphatic hydroxyl groups is 1. The van der Waals surface area contributed by atoms with E-state index in [0.29, 0.717) is 6.54 Å². The first-order chi connectivity index (χ1) is 14.3. The normalized spacial score (nSPS) is 20.3. The molecule has 2 aromatic rings. The SMILES string of the molecule is CCN1CCN(c2cc(CNc3cc(N4CCCC4CO)ncn3)ccn2)CC1. The number of aliphatic hydroxyl groups excluding tert-OH is 1. The number of hydrogen-bond donors (Lipinski definition) is 2. The summed E-state index contributed by atoms with van der Waals surface area (Å²) in [6.07, 6.45) is 5.58. The third-order valence-corrected chi connectivity index (χ3v) is 5.96. The van der Waals surface area contributed by atoms with Crippen molar-refractivity contribution < 1.29 is 5.11 Å². The lowest BCUT2D eigenvalue weighted by atomic mass is 10.2. The second-order valence-electron chi connectivity index (χ2n) is 7.73. The maximum Gasteiger partial charge on any atom is 0.134 e. The number of aromatic nitrogens is 3. The van der Waals surface area contributed by atoms with Gasteiger partial charge in [0.1, 0.15) is 23.8 Å². The van der Waals surface area contributed by atoms with E-state index in [9.17, 15) is 5.11 Å². The van der Waals surface area contributed by atoms with Crippen molar-refractivity contribution >= 4 is 17.5 Å². The Morgan fingerprint density at radius 1 is 1.07 bits per heavy atom. The Bertz CT molecular complexity index is 794. The molecule has 2 aliphatic heterocycles. The van der Waals surface area contributed by atoms with Crippen LogP contribution in [0.25, 0.3) is 0 Å². The fourth-order valence-corrected chi connectivity index (χ4v) is 4.16. The lowest BCUT2D eigenvalue weighted by molar-refractivity contribution is 0.266. The minimum absolute atomic E-state index is 0.161. The number of nitrogens with zero attached hydrogens (tertiary/aromatic N) is 6. The van der Waals surface area contributed by atoms with Crippen LogP contribution in [-0.2, 0) is 6.54 Å². The van der Waals surface area contributed by atoms with Crippen LogP contribution in [0.3, 0.4) is 0 Å². The molecule has 2 N–H and O–H groups in total. The van der Waals surface area contributed by atoms with Crippen molar-refractivity contribution in [3.8, 4) is 0 Å². The molecule has 0 bridgehead atoms. The smallest absolute Gasteiger partial charge is 0.134 e. The first-order valence-corrected chi connectivity index (χ1v) is 10.6. The molecule has 0 spiro atoms. The van der Waals surface area contributed by atoms with Gasteiger partial charge in [0.15, 0.2) is 0 Å². The summed E-state index contributed by atoms with van der Waals surface area (Å²) in [7, 11) is 0. The Hall–Kier alpha value is -2.45. The molecule has 0 aliphatic carbocycles. The summed E-state index contributed by atoms with van der Waals surface area (Å²) in [5.41, 5.74) is 1.18. The quantitative estimate of drug-likeness (QED) is 0.729. The first-order valence-electron chi connectivity index (χ1n) is 10.6. The number of piperazine rings is 1. The molecule has 0 aromatic carbocycles. The van der Waals surface area contributed by atoms with Crippen LogP contribution in [-0.4, -0.2) is 76.9 Å². The predicted octanol–water partition coefficient (Wildman–Crippen LogP) is 1.59. The zero-order valence-electron chi connectivity index (χ0n) is 17.2. The average molecular weight is 398 g/mol. The fraction of sp³-hybridized carbons (Fsp3) is 0.571. The molecule has 2 saturated heterocycles. The largest absolute Gasteiger partial charge is 0.394 e. The topological polar surface area (TPSA) is 80.7 Å². The van der Waals surface area contributed by atoms with E-state index in [1.807, 2.05) is 18.3 Å². The van der Waals surface area contributed by atoms with Crippen molar-refractivity contribution in [2.45, 2.75) is 32.4 Å². The maximum atomic E-state index is 9.57. The van der Waals surface area contributed by atoms with Gasteiger partial charge in [0.2, 0.25) is 0 Å². The molecule has 0 amide bonds. The van der Waals surface area contributed by atoms with Gasteiger partial charge < -0.3 is 25.1 Å². The van der Waals surface area contributed by atoms with Crippen LogP contribution in [0.5, 0.6) is 0 Å². The number of rotatable bonds is 7. The van der Waals surface area contributed by atoms with Gasteiger partial charge in [0.05, 0.1) is 12.6 Å². The first kappa shape index (κ1) is 19.8. The van der Waals surface area contributed by atoms with Gasteiger partial charge in [-0.1, -0.05) is 6.92 Å². The summed E-state index contributed by atoms with van der Waals surface area (Å²) in [6, 6.07) is 6.34. The number of hydrogen-bond acceptors (Lipinski definition) is 8. The third-order valence-electron chi connectivity index (χ3n) is 5.96. The van der Waals surface area contributed by atoms with Crippen LogP contribution in [0.2, 0.25) is 0 Å². The summed E-state index contributed by atoms with van der Waals surface area (Å²) in [5, 5.41) is 13.0. The number of pyridine rings is 1. The zero-order chi connectivity index (χ0) is 20.1. The summed E-state index contributed by atoms with van der Waals surface area (Å²) in [4.78, 5) is 20.4. The van der Waals surface area contributed by atoms with Gasteiger partial charge in [-0.3, -0.25) is 0 Å². The molecule has 4 heterocycles. The number of nitrogens with one attached hydrogen (secondary N) is 1. The van der Waals surface area contributed by atoms with Crippen molar-refractivity contribution in [3.05, 3.63) is 36.3 Å². The van der Waals surface area contributed by atoms with E-state index in [-0.39, 0.29) is 12.6 Å². The minimum atomic E-state index is 0.161. The van der Waals surface area contributed by atoms with Crippen molar-refractivity contribution in [3.63, 3.8) is 0 Å². The average Bonchev–Trinajstić information content (AvgIpc) is 3.27. The molecule has 4 rings (SSSR count). The molecule has 2 fully saturated rings. The second-order valence-corrected chi connectivity index (χ2v) is 7.73. The van der Waals surface area contributed by atoms with Crippen LogP contribution in [0.4, 0.5) is 17.5 Å². The van der Waals surface area contributed by atoms with E-state index in [1.54, 1.807) is 6.33 Å². The van der Waals surface area contributed by atoms with Gasteiger partial charge in [-0.15, -0.1) is 0 Å². The second kappa shape index (κ2) is 9.37. The Kier molecular flexibility index (Phi) is 6.41. The minimum Gasteiger partial charge on any atom is -0.394 e. The zero-order valence-corrected chi connectivity index (χ0v) is 17.2. The van der Waals surface area contributed by atoms with E-state index >= 15 is 0 Å². The van der Waals surface area contributed by atoms with Gasteiger partial charge in [-0.05, 0) is 37.1 Å². The van der Waals surface area contributed by atoms with E-state index in [4.69, 9.17) is 0 Å². The molecule has 0 saturated carbocycles. The lowest BCUT2D eigenvalue weighted by Gasteiger charge is -2.34. The van der Waals surface area contributed by atoms with Crippen LogP contribution < -0.4 is 15.1 Å². The van der Waals surface area contributed by atoms with Crippen LogP contribution in [0, 0.1) is 0 Å². The molecule has 2 aromatic heterocycles. The van der Waals surface area contributed by atoms with Gasteiger partial charge in [0.25, 0.3) is 0 Å². The van der Waals surface area contributed by atoms with Gasteiger partial charge >= 0.3 is 0 Å². The van der Waals surface area contributed by atoms with Crippen LogP contribution in [0.15, 0.2) is 30.7 Å². The fourth-order valence-electron chi connectivity index (χ4n) is 4.16.